The average molecular weight is 245 g/mol. The molecule has 13 heavy (non-hydrogen) atoms. The number of fused-ring (bicyclic) bond motifs is 1. The van der Waals surface area contributed by atoms with Crippen LogP contribution in [0.4, 0.5) is 0 Å². The highest BCUT2D eigenvalue weighted by atomic mass is 79.9. The third kappa shape index (κ3) is 2.15. The second-order valence-corrected chi connectivity index (χ2v) is 5.93. The predicted octanol–water partition coefficient (Wildman–Crippen LogP) is 3.17. The standard InChI is InChI=1S/C11H17BrO/c12-11-4-3-9-5-8(7-13)1-2-10(9)6-11/h7-11H,1-6H2. The first kappa shape index (κ1) is 9.70. The lowest BCUT2D eigenvalue weighted by molar-refractivity contribution is -0.113. The topological polar surface area (TPSA) is 17.1 Å². The van der Waals surface area contributed by atoms with Crippen molar-refractivity contribution in [3.05, 3.63) is 0 Å². The van der Waals surface area contributed by atoms with Crippen LogP contribution in [0.2, 0.25) is 0 Å². The Morgan fingerprint density at radius 3 is 2.46 bits per heavy atom. The first-order valence-corrected chi connectivity index (χ1v) is 6.30. The molecule has 0 radical (unpaired) electrons. The van der Waals surface area contributed by atoms with Crippen molar-refractivity contribution >= 4 is 22.2 Å². The van der Waals surface area contributed by atoms with Crippen LogP contribution in [-0.4, -0.2) is 11.1 Å². The summed E-state index contributed by atoms with van der Waals surface area (Å²) in [5.74, 6) is 2.15. The minimum Gasteiger partial charge on any atom is -0.303 e. The Bertz CT molecular complexity index is 193. The summed E-state index contributed by atoms with van der Waals surface area (Å²) in [7, 11) is 0. The normalized spacial score (nSPS) is 45.3. The van der Waals surface area contributed by atoms with Gasteiger partial charge in [0.1, 0.15) is 6.29 Å². The van der Waals surface area contributed by atoms with Crippen LogP contribution in [0, 0.1) is 17.8 Å². The Morgan fingerprint density at radius 1 is 1.00 bits per heavy atom. The zero-order valence-electron chi connectivity index (χ0n) is 7.92. The van der Waals surface area contributed by atoms with E-state index in [9.17, 15) is 4.79 Å². The summed E-state index contributed by atoms with van der Waals surface area (Å²) in [4.78, 5) is 11.4. The summed E-state index contributed by atoms with van der Waals surface area (Å²) >= 11 is 3.71. The molecule has 2 fully saturated rings. The van der Waals surface area contributed by atoms with E-state index in [1.807, 2.05) is 0 Å². The maximum absolute atomic E-state index is 10.7. The van der Waals surface area contributed by atoms with E-state index in [0.29, 0.717) is 5.92 Å². The summed E-state index contributed by atoms with van der Waals surface area (Å²) < 4.78 is 0. The van der Waals surface area contributed by atoms with Crippen LogP contribution in [-0.2, 0) is 4.79 Å². The molecule has 0 N–H and O–H groups in total. The highest BCUT2D eigenvalue weighted by Crippen LogP contribution is 2.43. The maximum atomic E-state index is 10.7. The van der Waals surface area contributed by atoms with Crippen molar-refractivity contribution < 1.29 is 4.79 Å². The molecule has 74 valence electrons. The summed E-state index contributed by atoms with van der Waals surface area (Å²) in [6.45, 7) is 0. The van der Waals surface area contributed by atoms with Crippen LogP contribution in [0.25, 0.3) is 0 Å². The SMILES string of the molecule is O=CC1CCC2CC(Br)CCC2C1. The van der Waals surface area contributed by atoms with Gasteiger partial charge in [0.25, 0.3) is 0 Å². The number of alkyl halides is 1. The Kier molecular flexibility index (Phi) is 3.07. The van der Waals surface area contributed by atoms with Gasteiger partial charge in [-0.25, -0.2) is 0 Å². The van der Waals surface area contributed by atoms with E-state index in [4.69, 9.17) is 0 Å². The molecular weight excluding hydrogens is 228 g/mol. The van der Waals surface area contributed by atoms with Gasteiger partial charge in [0.2, 0.25) is 0 Å². The number of hydrogen-bond donors (Lipinski definition) is 0. The monoisotopic (exact) mass is 244 g/mol. The molecular formula is C11H17BrO. The number of halogens is 1. The summed E-state index contributed by atoms with van der Waals surface area (Å²) in [5.41, 5.74) is 0. The number of carbonyl (C=O) groups is 1. The molecule has 0 aromatic carbocycles. The molecule has 2 saturated carbocycles. The van der Waals surface area contributed by atoms with Gasteiger partial charge >= 0.3 is 0 Å². The molecule has 1 nitrogen and oxygen atoms in total. The van der Waals surface area contributed by atoms with Crippen LogP contribution in [0.3, 0.4) is 0 Å². The number of carbonyl (C=O) groups excluding carboxylic acids is 1. The van der Waals surface area contributed by atoms with Gasteiger partial charge in [0.05, 0.1) is 0 Å². The number of hydrogen-bond acceptors (Lipinski definition) is 1. The van der Waals surface area contributed by atoms with E-state index in [2.05, 4.69) is 15.9 Å². The van der Waals surface area contributed by atoms with Gasteiger partial charge in [0, 0.05) is 10.7 Å². The highest BCUT2D eigenvalue weighted by molar-refractivity contribution is 9.09. The third-order valence-corrected chi connectivity index (χ3v) is 4.61. The summed E-state index contributed by atoms with van der Waals surface area (Å²) in [5, 5.41) is 0. The van der Waals surface area contributed by atoms with Crippen molar-refractivity contribution in [2.75, 3.05) is 0 Å². The molecule has 0 aliphatic heterocycles. The maximum Gasteiger partial charge on any atom is 0.123 e. The molecule has 2 aliphatic carbocycles. The molecule has 0 saturated heterocycles. The quantitative estimate of drug-likeness (QED) is 0.512. The first-order valence-electron chi connectivity index (χ1n) is 5.39. The van der Waals surface area contributed by atoms with Crippen molar-refractivity contribution in [1.82, 2.24) is 0 Å². The van der Waals surface area contributed by atoms with E-state index in [-0.39, 0.29) is 0 Å². The van der Waals surface area contributed by atoms with Gasteiger partial charge in [-0.05, 0) is 50.4 Å². The minimum atomic E-state index is 0.383. The fourth-order valence-electron chi connectivity index (χ4n) is 2.99. The van der Waals surface area contributed by atoms with Crippen molar-refractivity contribution in [3.63, 3.8) is 0 Å². The van der Waals surface area contributed by atoms with Crippen LogP contribution >= 0.6 is 15.9 Å². The van der Waals surface area contributed by atoms with Crippen molar-refractivity contribution in [2.45, 2.75) is 43.4 Å². The van der Waals surface area contributed by atoms with Crippen molar-refractivity contribution in [3.8, 4) is 0 Å². The lowest BCUT2D eigenvalue weighted by Gasteiger charge is -2.39. The summed E-state index contributed by atoms with van der Waals surface area (Å²) in [6.07, 6.45) is 8.78. The van der Waals surface area contributed by atoms with Gasteiger partial charge in [-0.2, -0.15) is 0 Å². The largest absolute Gasteiger partial charge is 0.303 e. The van der Waals surface area contributed by atoms with Gasteiger partial charge in [-0.1, -0.05) is 15.9 Å². The lowest BCUT2D eigenvalue weighted by Crippen LogP contribution is -2.31. The van der Waals surface area contributed by atoms with E-state index in [1.165, 1.54) is 38.4 Å². The zero-order chi connectivity index (χ0) is 9.26. The van der Waals surface area contributed by atoms with Gasteiger partial charge in [0.15, 0.2) is 0 Å². The molecule has 0 spiro atoms. The highest BCUT2D eigenvalue weighted by Gasteiger charge is 2.34. The van der Waals surface area contributed by atoms with Crippen molar-refractivity contribution in [1.29, 1.82) is 0 Å². The second kappa shape index (κ2) is 4.12. The second-order valence-electron chi connectivity index (χ2n) is 4.64. The summed E-state index contributed by atoms with van der Waals surface area (Å²) in [6, 6.07) is 0. The van der Waals surface area contributed by atoms with Gasteiger partial charge in [-0.3, -0.25) is 0 Å². The van der Waals surface area contributed by atoms with Gasteiger partial charge < -0.3 is 4.79 Å². The van der Waals surface area contributed by atoms with E-state index < -0.39 is 0 Å². The van der Waals surface area contributed by atoms with Crippen LogP contribution in [0.1, 0.15) is 38.5 Å². The molecule has 0 heterocycles. The predicted molar refractivity (Wildman–Crippen MR) is 57.0 cm³/mol. The van der Waals surface area contributed by atoms with Crippen molar-refractivity contribution in [2.24, 2.45) is 17.8 Å². The molecule has 0 aromatic heterocycles. The molecule has 2 heteroatoms. The third-order valence-electron chi connectivity index (χ3n) is 3.78. The minimum absolute atomic E-state index is 0.383. The Morgan fingerprint density at radius 2 is 1.69 bits per heavy atom. The van der Waals surface area contributed by atoms with E-state index in [1.54, 1.807) is 0 Å². The Labute approximate surface area is 88.4 Å². The first-order chi connectivity index (χ1) is 6.29. The molecule has 2 aliphatic rings. The van der Waals surface area contributed by atoms with Crippen LogP contribution in [0.5, 0.6) is 0 Å². The number of rotatable bonds is 1. The zero-order valence-corrected chi connectivity index (χ0v) is 9.50. The molecule has 4 unspecified atom stereocenters. The Hall–Kier alpha value is 0.150. The molecule has 0 bridgehead atoms. The smallest absolute Gasteiger partial charge is 0.123 e. The fourth-order valence-corrected chi connectivity index (χ4v) is 3.74. The van der Waals surface area contributed by atoms with Gasteiger partial charge in [-0.15, -0.1) is 0 Å². The van der Waals surface area contributed by atoms with E-state index >= 15 is 0 Å². The fraction of sp³-hybridized carbons (Fsp3) is 0.909. The molecule has 0 amide bonds. The lowest BCUT2D eigenvalue weighted by atomic mass is 9.68. The average Bonchev–Trinajstić information content (AvgIpc) is 2.17. The molecule has 2 rings (SSSR count). The van der Waals surface area contributed by atoms with E-state index in [0.717, 1.165) is 23.1 Å². The van der Waals surface area contributed by atoms with Crippen LogP contribution < -0.4 is 0 Å². The number of aldehydes is 1. The Balaban J connectivity index is 1.94. The van der Waals surface area contributed by atoms with Crippen LogP contribution in [0.15, 0.2) is 0 Å². The molecule has 4 atom stereocenters. The molecule has 0 aromatic rings.